The zero-order chi connectivity index (χ0) is 14.8. The molecule has 2 N–H and O–H groups in total. The Hall–Kier alpha value is -2.47. The molecular weight excluding hydrogens is 334 g/mol. The van der Waals surface area contributed by atoms with Gasteiger partial charge in [-0.1, -0.05) is 12.1 Å². The molecule has 5 nitrogen and oxygen atoms in total. The number of para-hydroxylation sites is 1. The highest BCUT2D eigenvalue weighted by molar-refractivity contribution is 9.10. The van der Waals surface area contributed by atoms with Crippen LogP contribution in [0.3, 0.4) is 0 Å². The predicted molar refractivity (Wildman–Crippen MR) is 83.3 cm³/mol. The number of nitrogens with zero attached hydrogens (tertiary/aromatic N) is 2. The highest BCUT2D eigenvalue weighted by Gasteiger charge is 2.10. The fourth-order valence-electron chi connectivity index (χ4n) is 1.98. The van der Waals surface area contributed by atoms with Gasteiger partial charge in [-0.2, -0.15) is 0 Å². The van der Waals surface area contributed by atoms with E-state index in [2.05, 4.69) is 31.2 Å². The third-order valence-electron chi connectivity index (χ3n) is 2.91. The quantitative estimate of drug-likeness (QED) is 0.748. The van der Waals surface area contributed by atoms with Gasteiger partial charge >= 0.3 is 0 Å². The zero-order valence-electron chi connectivity index (χ0n) is 10.7. The summed E-state index contributed by atoms with van der Waals surface area (Å²) >= 11 is 3.37. The van der Waals surface area contributed by atoms with Crippen molar-refractivity contribution in [1.29, 1.82) is 0 Å². The minimum absolute atomic E-state index is 0.0531. The van der Waals surface area contributed by atoms with Crippen LogP contribution in [0.2, 0.25) is 0 Å². The third-order valence-corrected chi connectivity index (χ3v) is 3.35. The molecule has 0 aliphatic rings. The van der Waals surface area contributed by atoms with Crippen molar-refractivity contribution in [3.05, 3.63) is 59.0 Å². The maximum atomic E-state index is 12.2. The minimum Gasteiger partial charge on any atom is -0.506 e. The lowest BCUT2D eigenvalue weighted by molar-refractivity contribution is 0.102. The smallest absolute Gasteiger partial charge is 0.257 e. The molecule has 0 saturated carbocycles. The molecule has 104 valence electrons. The number of halogens is 1. The van der Waals surface area contributed by atoms with Gasteiger partial charge in [-0.15, -0.1) is 0 Å². The van der Waals surface area contributed by atoms with Crippen LogP contribution in [0.4, 0.5) is 5.69 Å². The largest absolute Gasteiger partial charge is 0.506 e. The fraction of sp³-hybridized carbons (Fsp3) is 0. The molecule has 2 aromatic heterocycles. The fourth-order valence-corrected chi connectivity index (χ4v) is 2.33. The maximum Gasteiger partial charge on any atom is 0.257 e. The van der Waals surface area contributed by atoms with Crippen LogP contribution in [0.5, 0.6) is 5.75 Å². The lowest BCUT2D eigenvalue weighted by Gasteiger charge is -2.08. The van der Waals surface area contributed by atoms with Gasteiger partial charge in [-0.3, -0.25) is 14.8 Å². The molecule has 3 rings (SSSR count). The minimum atomic E-state index is -0.351. The van der Waals surface area contributed by atoms with Crippen LogP contribution in [0.15, 0.2) is 53.4 Å². The molecule has 0 spiro atoms. The Morgan fingerprint density at radius 3 is 2.86 bits per heavy atom. The van der Waals surface area contributed by atoms with E-state index in [1.165, 1.54) is 18.5 Å². The predicted octanol–water partition coefficient (Wildman–Crippen LogP) is 3.35. The molecule has 0 aliphatic heterocycles. The highest BCUT2D eigenvalue weighted by Crippen LogP contribution is 2.24. The molecule has 3 aromatic rings. The Labute approximate surface area is 128 Å². The summed E-state index contributed by atoms with van der Waals surface area (Å²) in [5.41, 5.74) is 1.58. The Morgan fingerprint density at radius 1 is 1.19 bits per heavy atom. The Balaban J connectivity index is 1.96. The lowest BCUT2D eigenvalue weighted by Crippen LogP contribution is -2.12. The van der Waals surface area contributed by atoms with Gasteiger partial charge in [-0.25, -0.2) is 0 Å². The van der Waals surface area contributed by atoms with Crippen molar-refractivity contribution in [2.24, 2.45) is 0 Å². The molecule has 1 amide bonds. The van der Waals surface area contributed by atoms with Gasteiger partial charge < -0.3 is 10.4 Å². The molecule has 0 atom stereocenters. The van der Waals surface area contributed by atoms with Gasteiger partial charge in [0.1, 0.15) is 5.75 Å². The van der Waals surface area contributed by atoms with Crippen molar-refractivity contribution in [3.8, 4) is 5.75 Å². The second kappa shape index (κ2) is 5.49. The number of nitrogens with one attached hydrogen (secondary N) is 1. The molecule has 2 heterocycles. The molecular formula is C15H10BrN3O2. The maximum absolute atomic E-state index is 12.2. The van der Waals surface area contributed by atoms with E-state index >= 15 is 0 Å². The number of amides is 1. The molecule has 0 aliphatic carbocycles. The molecule has 0 unspecified atom stereocenters. The van der Waals surface area contributed by atoms with Crippen molar-refractivity contribution in [3.63, 3.8) is 0 Å². The summed E-state index contributed by atoms with van der Waals surface area (Å²) < 4.78 is 0.871. The number of rotatable bonds is 2. The summed E-state index contributed by atoms with van der Waals surface area (Å²) in [7, 11) is 0. The number of benzene rings is 1. The number of aromatic hydroxyl groups is 1. The van der Waals surface area contributed by atoms with Crippen molar-refractivity contribution >= 4 is 38.4 Å². The van der Waals surface area contributed by atoms with Gasteiger partial charge in [0.05, 0.1) is 23.0 Å². The van der Waals surface area contributed by atoms with Crippen LogP contribution in [0.25, 0.3) is 10.9 Å². The van der Waals surface area contributed by atoms with Gasteiger partial charge in [0, 0.05) is 22.3 Å². The van der Waals surface area contributed by atoms with Crippen molar-refractivity contribution in [1.82, 2.24) is 9.97 Å². The van der Waals surface area contributed by atoms with Crippen LogP contribution >= 0.6 is 15.9 Å². The first-order valence-corrected chi connectivity index (χ1v) is 6.92. The van der Waals surface area contributed by atoms with Crippen molar-refractivity contribution < 1.29 is 9.90 Å². The number of hydrogen-bond acceptors (Lipinski definition) is 4. The van der Waals surface area contributed by atoms with Crippen LogP contribution in [-0.2, 0) is 0 Å². The third kappa shape index (κ3) is 2.85. The Bertz CT molecular complexity index is 836. The van der Waals surface area contributed by atoms with E-state index in [-0.39, 0.29) is 17.2 Å². The molecule has 0 fully saturated rings. The number of anilines is 1. The summed E-state index contributed by atoms with van der Waals surface area (Å²) in [6.07, 6.45) is 4.34. The van der Waals surface area contributed by atoms with Crippen LogP contribution in [0, 0.1) is 0 Å². The lowest BCUT2D eigenvalue weighted by atomic mass is 10.2. The van der Waals surface area contributed by atoms with Gasteiger partial charge in [0.25, 0.3) is 5.91 Å². The molecule has 0 radical (unpaired) electrons. The molecule has 0 bridgehead atoms. The van der Waals surface area contributed by atoms with Crippen LogP contribution in [0.1, 0.15) is 10.4 Å². The monoisotopic (exact) mass is 343 g/mol. The van der Waals surface area contributed by atoms with Crippen LogP contribution in [-0.4, -0.2) is 21.0 Å². The standard InChI is InChI=1S/C15H10BrN3O2/c16-11-4-9-2-1-3-13(14(9)18-7-11)19-15(21)10-5-12(20)8-17-6-10/h1-8,20H,(H,19,21). The van der Waals surface area contributed by atoms with E-state index in [0.717, 1.165) is 9.86 Å². The second-order valence-corrected chi connectivity index (χ2v) is 5.33. The van der Waals surface area contributed by atoms with Gasteiger partial charge in [-0.05, 0) is 34.1 Å². The Kier molecular flexibility index (Phi) is 3.53. The van der Waals surface area contributed by atoms with Crippen LogP contribution < -0.4 is 5.32 Å². The molecule has 1 aromatic carbocycles. The number of aromatic nitrogens is 2. The van der Waals surface area contributed by atoms with Gasteiger partial charge in [0.2, 0.25) is 0 Å². The summed E-state index contributed by atoms with van der Waals surface area (Å²) in [5, 5.41) is 13.1. The number of hydrogen-bond donors (Lipinski definition) is 2. The van der Waals surface area contributed by atoms with E-state index in [9.17, 15) is 9.90 Å². The summed E-state index contributed by atoms with van der Waals surface area (Å²) in [6, 6.07) is 8.81. The number of fused-ring (bicyclic) bond motifs is 1. The molecule has 21 heavy (non-hydrogen) atoms. The summed E-state index contributed by atoms with van der Waals surface area (Å²) in [5.74, 6) is -0.404. The van der Waals surface area contributed by atoms with E-state index in [1.807, 2.05) is 18.2 Å². The molecule has 6 heteroatoms. The highest BCUT2D eigenvalue weighted by atomic mass is 79.9. The summed E-state index contributed by atoms with van der Waals surface area (Å²) in [6.45, 7) is 0. The number of carbonyl (C=O) groups excluding carboxylic acids is 1. The Morgan fingerprint density at radius 2 is 2.05 bits per heavy atom. The van der Waals surface area contributed by atoms with E-state index in [1.54, 1.807) is 12.3 Å². The van der Waals surface area contributed by atoms with Gasteiger partial charge in [0.15, 0.2) is 0 Å². The normalized spacial score (nSPS) is 10.5. The molecule has 0 saturated heterocycles. The first-order chi connectivity index (χ1) is 10.1. The average Bonchev–Trinajstić information content (AvgIpc) is 2.47. The van der Waals surface area contributed by atoms with E-state index < -0.39 is 0 Å². The van der Waals surface area contributed by atoms with Crippen molar-refractivity contribution in [2.75, 3.05) is 5.32 Å². The van der Waals surface area contributed by atoms with E-state index in [4.69, 9.17) is 0 Å². The first kappa shape index (κ1) is 13.5. The number of carbonyl (C=O) groups is 1. The SMILES string of the molecule is O=C(Nc1cccc2cc(Br)cnc12)c1cncc(O)c1. The van der Waals surface area contributed by atoms with Crippen molar-refractivity contribution in [2.45, 2.75) is 0 Å². The second-order valence-electron chi connectivity index (χ2n) is 4.42. The zero-order valence-corrected chi connectivity index (χ0v) is 12.3. The van der Waals surface area contributed by atoms with E-state index in [0.29, 0.717) is 11.2 Å². The summed E-state index contributed by atoms with van der Waals surface area (Å²) in [4.78, 5) is 20.3. The first-order valence-electron chi connectivity index (χ1n) is 6.13. The average molecular weight is 344 g/mol. The topological polar surface area (TPSA) is 75.1 Å². The number of pyridine rings is 2.